The highest BCUT2D eigenvalue weighted by Crippen LogP contribution is 2.19. The predicted octanol–water partition coefficient (Wildman–Crippen LogP) is 0.699. The van der Waals surface area contributed by atoms with E-state index in [0.29, 0.717) is 13.2 Å². The fourth-order valence-corrected chi connectivity index (χ4v) is 2.03. The van der Waals surface area contributed by atoms with Crippen LogP contribution in [0.25, 0.3) is 0 Å². The Kier molecular flexibility index (Phi) is 3.76. The molecule has 1 fully saturated rings. The highest BCUT2D eigenvalue weighted by molar-refractivity contribution is 5.86. The number of benzene rings is 1. The molecule has 92 valence electrons. The van der Waals surface area contributed by atoms with Crippen molar-refractivity contribution in [1.29, 1.82) is 0 Å². The van der Waals surface area contributed by atoms with Gasteiger partial charge in [-0.25, -0.2) is 0 Å². The van der Waals surface area contributed by atoms with Crippen molar-refractivity contribution in [3.8, 4) is 0 Å². The Morgan fingerprint density at radius 3 is 2.71 bits per heavy atom. The first-order valence-corrected chi connectivity index (χ1v) is 5.78. The van der Waals surface area contributed by atoms with E-state index in [-0.39, 0.29) is 17.9 Å². The van der Waals surface area contributed by atoms with Crippen LogP contribution in [0, 0.1) is 5.92 Å². The fourth-order valence-electron chi connectivity index (χ4n) is 2.03. The van der Waals surface area contributed by atoms with Crippen molar-refractivity contribution >= 4 is 5.91 Å². The van der Waals surface area contributed by atoms with Gasteiger partial charge in [-0.2, -0.15) is 0 Å². The van der Waals surface area contributed by atoms with Gasteiger partial charge in [0.05, 0.1) is 31.3 Å². The number of carbonyl (C=O) groups excluding carboxylic acids is 1. The maximum absolute atomic E-state index is 11.2. The number of carbonyl (C=O) groups is 1. The zero-order valence-corrected chi connectivity index (χ0v) is 9.80. The van der Waals surface area contributed by atoms with E-state index in [1.54, 1.807) is 6.92 Å². The molecule has 4 nitrogen and oxygen atoms in total. The topological polar surface area (TPSA) is 58.6 Å². The summed E-state index contributed by atoms with van der Waals surface area (Å²) in [6.07, 6.45) is -0.617. The Morgan fingerprint density at radius 2 is 2.12 bits per heavy atom. The lowest BCUT2D eigenvalue weighted by atomic mass is 9.87. The lowest BCUT2D eigenvalue weighted by Crippen LogP contribution is -2.63. The number of aliphatic hydroxyl groups is 1. The zero-order valence-electron chi connectivity index (χ0n) is 9.80. The monoisotopic (exact) mass is 235 g/mol. The van der Waals surface area contributed by atoms with Crippen LogP contribution in [-0.4, -0.2) is 29.8 Å². The van der Waals surface area contributed by atoms with Gasteiger partial charge in [-0.05, 0) is 12.5 Å². The number of hydrogen-bond acceptors (Lipinski definition) is 3. The van der Waals surface area contributed by atoms with Crippen molar-refractivity contribution in [2.45, 2.75) is 25.7 Å². The van der Waals surface area contributed by atoms with Gasteiger partial charge in [0.15, 0.2) is 0 Å². The highest BCUT2D eigenvalue weighted by Gasteiger charge is 2.42. The third-order valence-electron chi connectivity index (χ3n) is 2.99. The van der Waals surface area contributed by atoms with E-state index in [9.17, 15) is 9.90 Å². The Bertz CT molecular complexity index is 378. The van der Waals surface area contributed by atoms with Crippen LogP contribution in [0.1, 0.15) is 12.5 Å². The first-order valence-electron chi connectivity index (χ1n) is 5.78. The van der Waals surface area contributed by atoms with Gasteiger partial charge in [-0.1, -0.05) is 30.3 Å². The average molecular weight is 235 g/mol. The third kappa shape index (κ3) is 2.84. The zero-order chi connectivity index (χ0) is 12.3. The minimum Gasteiger partial charge on any atom is -0.393 e. The van der Waals surface area contributed by atoms with Crippen molar-refractivity contribution in [2.75, 3.05) is 6.61 Å². The molecule has 2 rings (SSSR count). The van der Waals surface area contributed by atoms with Gasteiger partial charge in [-0.15, -0.1) is 0 Å². The van der Waals surface area contributed by atoms with E-state index in [2.05, 4.69) is 5.32 Å². The largest absolute Gasteiger partial charge is 0.393 e. The molecule has 2 N–H and O–H groups in total. The molecule has 1 amide bonds. The smallest absolute Gasteiger partial charge is 0.228 e. The van der Waals surface area contributed by atoms with Gasteiger partial charge < -0.3 is 15.2 Å². The average Bonchev–Trinajstić information content (AvgIpc) is 2.28. The number of hydrogen-bond donors (Lipinski definition) is 2. The summed E-state index contributed by atoms with van der Waals surface area (Å²) in [6, 6.07) is 9.80. The van der Waals surface area contributed by atoms with E-state index in [0.717, 1.165) is 5.56 Å². The summed E-state index contributed by atoms with van der Waals surface area (Å²) >= 11 is 0. The summed E-state index contributed by atoms with van der Waals surface area (Å²) in [6.45, 7) is 2.60. The third-order valence-corrected chi connectivity index (χ3v) is 2.99. The highest BCUT2D eigenvalue weighted by atomic mass is 16.5. The van der Waals surface area contributed by atoms with Crippen LogP contribution >= 0.6 is 0 Å². The lowest BCUT2D eigenvalue weighted by Gasteiger charge is -2.38. The molecule has 1 saturated heterocycles. The quantitative estimate of drug-likeness (QED) is 0.739. The van der Waals surface area contributed by atoms with Crippen molar-refractivity contribution < 1.29 is 14.6 Å². The predicted molar refractivity (Wildman–Crippen MR) is 63.2 cm³/mol. The molecule has 0 aliphatic carbocycles. The van der Waals surface area contributed by atoms with Gasteiger partial charge in [0.2, 0.25) is 5.91 Å². The van der Waals surface area contributed by atoms with Crippen molar-refractivity contribution in [1.82, 2.24) is 5.32 Å². The van der Waals surface area contributed by atoms with Crippen LogP contribution in [0.2, 0.25) is 0 Å². The molecule has 1 aliphatic heterocycles. The van der Waals surface area contributed by atoms with Crippen molar-refractivity contribution in [2.24, 2.45) is 5.92 Å². The summed E-state index contributed by atoms with van der Waals surface area (Å²) in [5.74, 6) is -0.418. The summed E-state index contributed by atoms with van der Waals surface area (Å²) in [7, 11) is 0. The van der Waals surface area contributed by atoms with E-state index in [1.165, 1.54) is 0 Å². The van der Waals surface area contributed by atoms with Crippen LogP contribution in [0.5, 0.6) is 0 Å². The summed E-state index contributed by atoms with van der Waals surface area (Å²) in [5.41, 5.74) is 1.10. The molecular weight excluding hydrogens is 218 g/mol. The SMILES string of the molecule is C[C@@H](O)C1C(=O)NC1COCc1ccccc1. The van der Waals surface area contributed by atoms with E-state index in [4.69, 9.17) is 4.74 Å². The van der Waals surface area contributed by atoms with Gasteiger partial charge in [-0.3, -0.25) is 4.79 Å². The second kappa shape index (κ2) is 5.29. The van der Waals surface area contributed by atoms with Crippen LogP contribution in [0.3, 0.4) is 0 Å². The molecule has 3 atom stereocenters. The maximum Gasteiger partial charge on any atom is 0.228 e. The molecule has 0 bridgehead atoms. The fraction of sp³-hybridized carbons (Fsp3) is 0.462. The molecule has 1 heterocycles. The first kappa shape index (κ1) is 12.1. The Labute approximate surface area is 101 Å². The number of rotatable bonds is 5. The molecule has 0 radical (unpaired) electrons. The molecule has 0 saturated carbocycles. The lowest BCUT2D eigenvalue weighted by molar-refractivity contribution is -0.143. The minimum absolute atomic E-state index is 0.0637. The van der Waals surface area contributed by atoms with Gasteiger partial charge in [0, 0.05) is 0 Å². The van der Waals surface area contributed by atoms with E-state index in [1.807, 2.05) is 30.3 Å². The molecule has 4 heteroatoms. The second-order valence-corrected chi connectivity index (χ2v) is 4.38. The molecule has 0 aromatic heterocycles. The number of β-lactam (4-membered cyclic amide) rings is 1. The molecule has 2 unspecified atom stereocenters. The van der Waals surface area contributed by atoms with Crippen LogP contribution < -0.4 is 5.32 Å². The second-order valence-electron chi connectivity index (χ2n) is 4.38. The molecule has 1 aromatic carbocycles. The van der Waals surface area contributed by atoms with Crippen molar-refractivity contribution in [3.05, 3.63) is 35.9 Å². The van der Waals surface area contributed by atoms with Crippen LogP contribution in [0.4, 0.5) is 0 Å². The standard InChI is InChI=1S/C13H17NO3/c1-9(15)12-11(14-13(12)16)8-17-7-10-5-3-2-4-6-10/h2-6,9,11-12,15H,7-8H2,1H3,(H,14,16)/t9-,11?,12?/m1/s1. The maximum atomic E-state index is 11.2. The summed E-state index contributed by atoms with van der Waals surface area (Å²) < 4.78 is 5.53. The van der Waals surface area contributed by atoms with Crippen LogP contribution in [0.15, 0.2) is 30.3 Å². The molecule has 17 heavy (non-hydrogen) atoms. The van der Waals surface area contributed by atoms with Crippen molar-refractivity contribution in [3.63, 3.8) is 0 Å². The Hall–Kier alpha value is -1.39. The number of amides is 1. The van der Waals surface area contributed by atoms with Gasteiger partial charge >= 0.3 is 0 Å². The van der Waals surface area contributed by atoms with Gasteiger partial charge in [0.1, 0.15) is 0 Å². The molecule has 1 aliphatic rings. The minimum atomic E-state index is -0.617. The van der Waals surface area contributed by atoms with Crippen LogP contribution in [-0.2, 0) is 16.1 Å². The van der Waals surface area contributed by atoms with E-state index >= 15 is 0 Å². The summed E-state index contributed by atoms with van der Waals surface area (Å²) in [5, 5.41) is 12.1. The molecule has 1 aromatic rings. The van der Waals surface area contributed by atoms with E-state index < -0.39 is 6.10 Å². The Morgan fingerprint density at radius 1 is 1.41 bits per heavy atom. The number of aliphatic hydroxyl groups excluding tert-OH is 1. The van der Waals surface area contributed by atoms with Gasteiger partial charge in [0.25, 0.3) is 0 Å². The normalized spacial score (nSPS) is 24.9. The number of ether oxygens (including phenoxy) is 1. The summed E-state index contributed by atoms with van der Waals surface area (Å²) in [4.78, 5) is 11.2. The molecular formula is C13H17NO3. The number of nitrogens with one attached hydrogen (secondary N) is 1. The molecule has 0 spiro atoms. The first-order chi connectivity index (χ1) is 8.18. The Balaban J connectivity index is 1.75.